The van der Waals surface area contributed by atoms with Gasteiger partial charge in [0.15, 0.2) is 6.10 Å². The van der Waals surface area contributed by atoms with E-state index in [9.17, 15) is 14.4 Å². The second kappa shape index (κ2) is 57.1. The topological polar surface area (TPSA) is 78.9 Å². The first-order valence-electron chi connectivity index (χ1n) is 28.2. The van der Waals surface area contributed by atoms with Crippen LogP contribution >= 0.6 is 0 Å². The molecular formula is C64H102O6. The molecule has 0 radical (unpaired) electrons. The van der Waals surface area contributed by atoms with Crippen molar-refractivity contribution in [1.29, 1.82) is 0 Å². The largest absolute Gasteiger partial charge is 0.462 e. The van der Waals surface area contributed by atoms with Crippen molar-refractivity contribution in [1.82, 2.24) is 0 Å². The molecule has 0 N–H and O–H groups in total. The zero-order valence-corrected chi connectivity index (χ0v) is 45.0. The normalized spacial score (nSPS) is 13.1. The Bertz CT molecular complexity index is 1530. The molecule has 0 aromatic carbocycles. The highest BCUT2D eigenvalue weighted by molar-refractivity contribution is 5.71. The second-order valence-electron chi connectivity index (χ2n) is 18.1. The van der Waals surface area contributed by atoms with Crippen LogP contribution in [0.1, 0.15) is 233 Å². The highest BCUT2D eigenvalue weighted by Gasteiger charge is 2.19. The molecule has 0 aromatic rings. The van der Waals surface area contributed by atoms with Crippen LogP contribution in [0.25, 0.3) is 0 Å². The van der Waals surface area contributed by atoms with Gasteiger partial charge in [0.2, 0.25) is 0 Å². The second-order valence-corrected chi connectivity index (χ2v) is 18.1. The maximum absolute atomic E-state index is 12.8. The SMILES string of the molecule is CC/C=C\C/C=C\C/C=C\C/C=C\C/C=C\C/C=C\CCCCCCCCC(=O)OCC(COC(=O)CCCCCCCC)OC(=O)CCCCCCC/C=C\C/C=C\C/C=C\C/C=C\C/C=C\CC. The van der Waals surface area contributed by atoms with Crippen molar-refractivity contribution in [2.75, 3.05) is 13.2 Å². The van der Waals surface area contributed by atoms with Crippen LogP contribution in [-0.2, 0) is 28.6 Å². The maximum Gasteiger partial charge on any atom is 0.306 e. The minimum Gasteiger partial charge on any atom is -0.462 e. The molecule has 0 bridgehead atoms. The number of hydrogen-bond donors (Lipinski definition) is 0. The van der Waals surface area contributed by atoms with Crippen molar-refractivity contribution >= 4 is 17.9 Å². The molecule has 70 heavy (non-hydrogen) atoms. The van der Waals surface area contributed by atoms with E-state index >= 15 is 0 Å². The Kier molecular flexibility index (Phi) is 53.5. The first-order valence-corrected chi connectivity index (χ1v) is 28.2. The molecule has 0 rings (SSSR count). The van der Waals surface area contributed by atoms with E-state index in [1.165, 1.54) is 32.1 Å². The van der Waals surface area contributed by atoms with Gasteiger partial charge in [-0.05, 0) is 116 Å². The fourth-order valence-electron chi connectivity index (χ4n) is 7.24. The minimum atomic E-state index is -0.797. The lowest BCUT2D eigenvalue weighted by molar-refractivity contribution is -0.167. The Labute approximate surface area is 430 Å². The number of carbonyl (C=O) groups excluding carboxylic acids is 3. The molecule has 0 heterocycles. The molecule has 0 aromatic heterocycles. The van der Waals surface area contributed by atoms with E-state index in [4.69, 9.17) is 14.2 Å². The lowest BCUT2D eigenvalue weighted by Crippen LogP contribution is -2.30. The van der Waals surface area contributed by atoms with Crippen molar-refractivity contribution in [2.45, 2.75) is 239 Å². The van der Waals surface area contributed by atoms with Gasteiger partial charge < -0.3 is 14.2 Å². The number of hydrogen-bond acceptors (Lipinski definition) is 6. The summed E-state index contributed by atoms with van der Waals surface area (Å²) in [5.74, 6) is -0.945. The zero-order valence-electron chi connectivity index (χ0n) is 45.0. The van der Waals surface area contributed by atoms with Crippen LogP contribution in [0.3, 0.4) is 0 Å². The molecular weight excluding hydrogens is 865 g/mol. The minimum absolute atomic E-state index is 0.0952. The van der Waals surface area contributed by atoms with Gasteiger partial charge in [-0.25, -0.2) is 0 Å². The number of ether oxygens (including phenoxy) is 3. The standard InChI is InChI=1S/C64H102O6/c1-4-7-10-13-16-18-20-22-24-26-28-30-31-32-33-35-36-38-40-42-44-46-48-51-54-57-63(66)69-60-61(59-68-62(65)56-53-50-15-12-9-6-3)70-64(67)58-55-52-49-47-45-43-41-39-37-34-29-27-25-23-21-19-17-14-11-8-5-2/h7-8,10-11,16-19,22-25,28-30,32-34,36,38-39,41,61H,4-6,9,12-15,20-21,26-27,31,35,37,40,42-60H2,1-3H3/b10-7-,11-8-,18-16-,19-17-,24-22-,25-23-,30-28-,33-32-,34-29-,38-36-,41-39-. The molecule has 394 valence electrons. The van der Waals surface area contributed by atoms with Crippen LogP contribution in [0.2, 0.25) is 0 Å². The molecule has 0 fully saturated rings. The summed E-state index contributed by atoms with van der Waals surface area (Å²) in [5, 5.41) is 0. The monoisotopic (exact) mass is 967 g/mol. The van der Waals surface area contributed by atoms with Crippen molar-refractivity contribution < 1.29 is 28.6 Å². The third-order valence-electron chi connectivity index (χ3n) is 11.4. The Balaban J connectivity index is 4.27. The summed E-state index contributed by atoms with van der Waals surface area (Å²) in [7, 11) is 0. The summed E-state index contributed by atoms with van der Waals surface area (Å²) in [4.78, 5) is 37.9. The van der Waals surface area contributed by atoms with Crippen molar-refractivity contribution in [3.05, 3.63) is 134 Å². The number of rotatable bonds is 49. The third kappa shape index (κ3) is 54.5. The Hall–Kier alpha value is -4.45. The van der Waals surface area contributed by atoms with E-state index in [2.05, 4.69) is 154 Å². The van der Waals surface area contributed by atoms with Gasteiger partial charge in [0.05, 0.1) is 0 Å². The lowest BCUT2D eigenvalue weighted by Gasteiger charge is -2.18. The van der Waals surface area contributed by atoms with E-state index in [1.54, 1.807) is 0 Å². The van der Waals surface area contributed by atoms with E-state index in [0.29, 0.717) is 19.3 Å². The molecule has 0 amide bonds. The molecule has 0 aliphatic carbocycles. The number of unbranched alkanes of at least 4 members (excludes halogenated alkanes) is 16. The maximum atomic E-state index is 12.8. The average Bonchev–Trinajstić information content (AvgIpc) is 3.36. The third-order valence-corrected chi connectivity index (χ3v) is 11.4. The predicted molar refractivity (Wildman–Crippen MR) is 302 cm³/mol. The van der Waals surface area contributed by atoms with Gasteiger partial charge in [0.25, 0.3) is 0 Å². The molecule has 1 unspecified atom stereocenters. The van der Waals surface area contributed by atoms with Crippen LogP contribution in [0, 0.1) is 0 Å². The fourth-order valence-corrected chi connectivity index (χ4v) is 7.24. The first kappa shape index (κ1) is 65.5. The summed E-state index contributed by atoms with van der Waals surface area (Å²) < 4.78 is 16.7. The van der Waals surface area contributed by atoms with Gasteiger partial charge in [-0.15, -0.1) is 0 Å². The fraction of sp³-hybridized carbons (Fsp3) is 0.609. The summed E-state index contributed by atoms with van der Waals surface area (Å²) >= 11 is 0. The Morgan fingerprint density at radius 2 is 0.557 bits per heavy atom. The summed E-state index contributed by atoms with van der Waals surface area (Å²) in [6.45, 7) is 6.31. The molecule has 1 atom stereocenters. The molecule has 0 saturated heterocycles. The van der Waals surface area contributed by atoms with Crippen LogP contribution in [-0.4, -0.2) is 37.2 Å². The van der Waals surface area contributed by atoms with Gasteiger partial charge in [0, 0.05) is 19.3 Å². The summed E-state index contributed by atoms with van der Waals surface area (Å²) in [6.07, 6.45) is 80.4. The Morgan fingerprint density at radius 1 is 0.300 bits per heavy atom. The van der Waals surface area contributed by atoms with E-state index in [1.807, 2.05) is 0 Å². The van der Waals surface area contributed by atoms with Crippen molar-refractivity contribution in [3.63, 3.8) is 0 Å². The van der Waals surface area contributed by atoms with Gasteiger partial charge in [-0.2, -0.15) is 0 Å². The van der Waals surface area contributed by atoms with Crippen LogP contribution in [0.5, 0.6) is 0 Å². The van der Waals surface area contributed by atoms with Crippen molar-refractivity contribution in [3.8, 4) is 0 Å². The molecule has 0 spiro atoms. The molecule has 0 saturated carbocycles. The number of allylic oxidation sites excluding steroid dienone is 22. The molecule has 0 aliphatic heterocycles. The van der Waals surface area contributed by atoms with Crippen LogP contribution in [0.4, 0.5) is 0 Å². The first-order chi connectivity index (χ1) is 34.5. The van der Waals surface area contributed by atoms with Crippen molar-refractivity contribution in [2.24, 2.45) is 0 Å². The zero-order chi connectivity index (χ0) is 50.7. The van der Waals surface area contributed by atoms with E-state index in [0.717, 1.165) is 161 Å². The van der Waals surface area contributed by atoms with Gasteiger partial charge >= 0.3 is 17.9 Å². The highest BCUT2D eigenvalue weighted by Crippen LogP contribution is 2.13. The van der Waals surface area contributed by atoms with Crippen LogP contribution < -0.4 is 0 Å². The smallest absolute Gasteiger partial charge is 0.306 e. The van der Waals surface area contributed by atoms with Gasteiger partial charge in [-0.3, -0.25) is 14.4 Å². The highest BCUT2D eigenvalue weighted by atomic mass is 16.6. The van der Waals surface area contributed by atoms with Gasteiger partial charge in [-0.1, -0.05) is 231 Å². The van der Waals surface area contributed by atoms with E-state index < -0.39 is 6.10 Å². The quantitative estimate of drug-likeness (QED) is 0.0262. The predicted octanol–water partition coefficient (Wildman–Crippen LogP) is 19.0. The average molecular weight is 968 g/mol. The molecule has 0 aliphatic rings. The molecule has 6 nitrogen and oxygen atoms in total. The summed E-state index contributed by atoms with van der Waals surface area (Å²) in [5.41, 5.74) is 0. The van der Waals surface area contributed by atoms with E-state index in [-0.39, 0.29) is 31.1 Å². The van der Waals surface area contributed by atoms with Gasteiger partial charge in [0.1, 0.15) is 13.2 Å². The number of esters is 3. The number of carbonyl (C=O) groups is 3. The molecule has 6 heteroatoms. The lowest BCUT2D eigenvalue weighted by atomic mass is 10.1. The van der Waals surface area contributed by atoms with Crippen LogP contribution in [0.15, 0.2) is 134 Å². The Morgan fingerprint density at radius 3 is 0.871 bits per heavy atom. The summed E-state index contributed by atoms with van der Waals surface area (Å²) in [6, 6.07) is 0.